The van der Waals surface area contributed by atoms with Gasteiger partial charge in [0.2, 0.25) is 0 Å². The Morgan fingerprint density at radius 1 is 1.36 bits per heavy atom. The van der Waals surface area contributed by atoms with E-state index in [4.69, 9.17) is 9.84 Å². The van der Waals surface area contributed by atoms with E-state index >= 15 is 0 Å². The maximum absolute atomic E-state index is 11.0. The molecule has 1 heterocycles. The molecule has 1 fully saturated rings. The van der Waals surface area contributed by atoms with E-state index in [1.807, 2.05) is 30.3 Å². The third-order valence-corrected chi connectivity index (χ3v) is 2.23. The minimum absolute atomic E-state index is 0.120. The van der Waals surface area contributed by atoms with Crippen molar-refractivity contribution < 1.29 is 14.6 Å². The van der Waals surface area contributed by atoms with Gasteiger partial charge in [0.05, 0.1) is 12.6 Å². The summed E-state index contributed by atoms with van der Waals surface area (Å²) in [6, 6.07) is 9.03. The van der Waals surface area contributed by atoms with Crippen LogP contribution in [0.1, 0.15) is 11.7 Å². The molecule has 14 heavy (non-hydrogen) atoms. The van der Waals surface area contributed by atoms with Crippen molar-refractivity contribution in [2.75, 3.05) is 6.61 Å². The van der Waals surface area contributed by atoms with Crippen LogP contribution in [0.4, 0.5) is 4.79 Å². The van der Waals surface area contributed by atoms with E-state index in [0.29, 0.717) is 0 Å². The van der Waals surface area contributed by atoms with Crippen molar-refractivity contribution in [2.24, 2.45) is 0 Å². The molecule has 1 saturated heterocycles. The molecule has 2 N–H and O–H groups in total. The first-order chi connectivity index (χ1) is 6.81. The molecule has 0 radical (unpaired) electrons. The molecule has 1 aromatic rings. The molecule has 4 nitrogen and oxygen atoms in total. The summed E-state index contributed by atoms with van der Waals surface area (Å²) in [5, 5.41) is 11.6. The average molecular weight is 193 g/mol. The topological polar surface area (TPSA) is 58.6 Å². The molecule has 0 bridgehead atoms. The lowest BCUT2D eigenvalue weighted by Gasteiger charge is -2.14. The largest absolute Gasteiger partial charge is 0.439 e. The van der Waals surface area contributed by atoms with Crippen molar-refractivity contribution in [1.29, 1.82) is 0 Å². The molecule has 1 aliphatic heterocycles. The molecular formula is C10H11NO3. The summed E-state index contributed by atoms with van der Waals surface area (Å²) in [4.78, 5) is 11.0. The van der Waals surface area contributed by atoms with Gasteiger partial charge in [-0.15, -0.1) is 0 Å². The van der Waals surface area contributed by atoms with Crippen molar-refractivity contribution in [3.05, 3.63) is 35.9 Å². The summed E-state index contributed by atoms with van der Waals surface area (Å²) in [6.45, 7) is -0.120. The van der Waals surface area contributed by atoms with Crippen LogP contribution in [-0.4, -0.2) is 23.8 Å². The zero-order valence-electron chi connectivity index (χ0n) is 7.51. The Kier molecular flexibility index (Phi) is 2.37. The molecule has 2 unspecified atom stereocenters. The fourth-order valence-corrected chi connectivity index (χ4v) is 1.54. The van der Waals surface area contributed by atoms with Gasteiger partial charge in [-0.05, 0) is 5.56 Å². The summed E-state index contributed by atoms with van der Waals surface area (Å²) < 4.78 is 5.04. The van der Waals surface area contributed by atoms with E-state index in [-0.39, 0.29) is 18.8 Å². The fourth-order valence-electron chi connectivity index (χ4n) is 1.54. The Labute approximate surface area is 81.5 Å². The van der Waals surface area contributed by atoms with Crippen LogP contribution in [-0.2, 0) is 4.74 Å². The average Bonchev–Trinajstić information content (AvgIpc) is 2.61. The van der Waals surface area contributed by atoms with E-state index in [1.165, 1.54) is 0 Å². The second-order valence-corrected chi connectivity index (χ2v) is 3.17. The third kappa shape index (κ3) is 1.56. The van der Waals surface area contributed by atoms with E-state index < -0.39 is 6.09 Å². The van der Waals surface area contributed by atoms with E-state index in [0.717, 1.165) is 5.56 Å². The highest BCUT2D eigenvalue weighted by atomic mass is 16.6. The third-order valence-electron chi connectivity index (χ3n) is 2.23. The second-order valence-electron chi connectivity index (χ2n) is 3.17. The van der Waals surface area contributed by atoms with Gasteiger partial charge in [0, 0.05) is 0 Å². The molecular weight excluding hydrogens is 182 g/mol. The highest BCUT2D eigenvalue weighted by molar-refractivity contribution is 5.70. The molecule has 0 aromatic heterocycles. The number of nitrogens with one attached hydrogen (secondary N) is 1. The van der Waals surface area contributed by atoms with E-state index in [1.54, 1.807) is 0 Å². The summed E-state index contributed by atoms with van der Waals surface area (Å²) >= 11 is 0. The highest BCUT2D eigenvalue weighted by Gasteiger charge is 2.34. The van der Waals surface area contributed by atoms with Crippen LogP contribution in [0.15, 0.2) is 30.3 Å². The van der Waals surface area contributed by atoms with Gasteiger partial charge in [0.25, 0.3) is 0 Å². The number of aliphatic hydroxyl groups excluding tert-OH is 1. The van der Waals surface area contributed by atoms with Gasteiger partial charge in [0.15, 0.2) is 6.10 Å². The molecule has 4 heteroatoms. The maximum Gasteiger partial charge on any atom is 0.408 e. The molecule has 0 aliphatic carbocycles. The monoisotopic (exact) mass is 193 g/mol. The maximum atomic E-state index is 11.0. The molecule has 1 aromatic carbocycles. The van der Waals surface area contributed by atoms with Crippen molar-refractivity contribution in [3.63, 3.8) is 0 Å². The number of ether oxygens (including phenoxy) is 1. The predicted molar refractivity (Wildman–Crippen MR) is 49.7 cm³/mol. The van der Waals surface area contributed by atoms with E-state index in [2.05, 4.69) is 5.32 Å². The number of benzene rings is 1. The highest BCUT2D eigenvalue weighted by Crippen LogP contribution is 2.25. The van der Waals surface area contributed by atoms with Crippen molar-refractivity contribution in [2.45, 2.75) is 12.1 Å². The zero-order valence-corrected chi connectivity index (χ0v) is 7.51. The lowest BCUT2D eigenvalue weighted by atomic mass is 10.0. The summed E-state index contributed by atoms with van der Waals surface area (Å²) in [5.41, 5.74) is 0.893. The fraction of sp³-hybridized carbons (Fsp3) is 0.300. The number of aliphatic hydroxyl groups is 1. The smallest absolute Gasteiger partial charge is 0.408 e. The number of carbonyl (C=O) groups excluding carboxylic acids is 1. The van der Waals surface area contributed by atoms with Crippen molar-refractivity contribution >= 4 is 6.09 Å². The summed E-state index contributed by atoms with van der Waals surface area (Å²) in [5.74, 6) is 0. The number of alkyl carbamates (subject to hydrolysis) is 1. The van der Waals surface area contributed by atoms with Gasteiger partial charge in [-0.1, -0.05) is 30.3 Å². The summed E-state index contributed by atoms with van der Waals surface area (Å²) in [7, 11) is 0. The minimum atomic E-state index is -0.474. The van der Waals surface area contributed by atoms with Gasteiger partial charge >= 0.3 is 6.09 Å². The molecule has 1 aliphatic rings. The van der Waals surface area contributed by atoms with Crippen LogP contribution in [0.2, 0.25) is 0 Å². The van der Waals surface area contributed by atoms with Crippen LogP contribution in [0, 0.1) is 0 Å². The SMILES string of the molecule is O=C1NC(CO)C(c2ccccc2)O1. The lowest BCUT2D eigenvalue weighted by molar-refractivity contribution is 0.119. The molecule has 2 rings (SSSR count). The van der Waals surface area contributed by atoms with Gasteiger partial charge in [-0.25, -0.2) is 4.79 Å². The minimum Gasteiger partial charge on any atom is -0.439 e. The predicted octanol–water partition coefficient (Wildman–Crippen LogP) is 0.828. The Balaban J connectivity index is 2.22. The Bertz CT molecular complexity index is 325. The molecule has 0 saturated carbocycles. The normalized spacial score (nSPS) is 25.6. The molecule has 2 atom stereocenters. The van der Waals surface area contributed by atoms with Gasteiger partial charge in [-0.2, -0.15) is 0 Å². The second kappa shape index (κ2) is 3.67. The van der Waals surface area contributed by atoms with Crippen LogP contribution < -0.4 is 5.32 Å². The number of hydrogen-bond donors (Lipinski definition) is 2. The summed E-state index contributed by atoms with van der Waals surface area (Å²) in [6.07, 6.45) is -0.855. The van der Waals surface area contributed by atoms with Crippen molar-refractivity contribution in [3.8, 4) is 0 Å². The van der Waals surface area contributed by atoms with Crippen LogP contribution >= 0.6 is 0 Å². The van der Waals surface area contributed by atoms with Gasteiger partial charge in [0.1, 0.15) is 0 Å². The first-order valence-corrected chi connectivity index (χ1v) is 4.44. The first kappa shape index (κ1) is 9.02. The molecule has 74 valence electrons. The Morgan fingerprint density at radius 2 is 2.07 bits per heavy atom. The zero-order chi connectivity index (χ0) is 9.97. The first-order valence-electron chi connectivity index (χ1n) is 4.44. The Morgan fingerprint density at radius 3 is 2.71 bits per heavy atom. The Hall–Kier alpha value is -1.55. The van der Waals surface area contributed by atoms with Gasteiger partial charge in [-0.3, -0.25) is 0 Å². The number of amides is 1. The van der Waals surface area contributed by atoms with E-state index in [9.17, 15) is 4.79 Å². The number of cyclic esters (lactones) is 1. The van der Waals surface area contributed by atoms with Crippen LogP contribution in [0.25, 0.3) is 0 Å². The molecule has 1 amide bonds. The van der Waals surface area contributed by atoms with Gasteiger partial charge < -0.3 is 15.2 Å². The van der Waals surface area contributed by atoms with Crippen molar-refractivity contribution in [1.82, 2.24) is 5.32 Å². The number of carbonyl (C=O) groups is 1. The number of hydrogen-bond acceptors (Lipinski definition) is 3. The number of rotatable bonds is 2. The lowest BCUT2D eigenvalue weighted by Crippen LogP contribution is -2.31. The van der Waals surface area contributed by atoms with Crippen LogP contribution in [0.3, 0.4) is 0 Å². The standard InChI is InChI=1S/C10H11NO3/c12-6-8-9(14-10(13)11-8)7-4-2-1-3-5-7/h1-5,8-9,12H,6H2,(H,11,13). The molecule has 0 spiro atoms. The van der Waals surface area contributed by atoms with Crippen LogP contribution in [0.5, 0.6) is 0 Å². The quantitative estimate of drug-likeness (QED) is 0.731.